The van der Waals surface area contributed by atoms with Crippen LogP contribution in [0.5, 0.6) is 0 Å². The number of thiophene rings is 1. The second-order valence-corrected chi connectivity index (χ2v) is 5.32. The Morgan fingerprint density at radius 2 is 1.89 bits per heavy atom. The maximum atomic E-state index is 10.1. The lowest BCUT2D eigenvalue weighted by Gasteiger charge is -1.91. The maximum Gasteiger partial charge on any atom is 0.112 e. The number of rotatable bonds is 2. The maximum absolute atomic E-state index is 10.1. The number of aromatic carboxylic acids is 1. The Bertz CT molecular complexity index is 495. The van der Waals surface area contributed by atoms with Crippen LogP contribution < -0.4 is 10.8 Å². The van der Waals surface area contributed by atoms with Crippen LogP contribution >= 0.6 is 34.5 Å². The molecule has 3 N–H and O–H groups in total. The van der Waals surface area contributed by atoms with E-state index in [2.05, 4.69) is 17.9 Å². The van der Waals surface area contributed by atoms with Crippen molar-refractivity contribution >= 4 is 40.5 Å². The van der Waals surface area contributed by atoms with Crippen molar-refractivity contribution in [3.05, 3.63) is 56.2 Å². The van der Waals surface area contributed by atoms with Crippen LogP contribution in [0.2, 0.25) is 9.36 Å². The molecule has 0 saturated heterocycles. The summed E-state index contributed by atoms with van der Waals surface area (Å²) >= 11 is 11.8. The van der Waals surface area contributed by atoms with Crippen molar-refractivity contribution < 1.29 is 15.6 Å². The quantitative estimate of drug-likeness (QED) is 0.920. The van der Waals surface area contributed by atoms with E-state index in [0.29, 0.717) is 0 Å². The molecule has 0 spiro atoms. The average Bonchev–Trinajstić information content (AvgIpc) is 2.72. The van der Waals surface area contributed by atoms with Crippen molar-refractivity contribution in [3.63, 3.8) is 0 Å². The topological polar surface area (TPSA) is 67.8 Å². The first-order chi connectivity index (χ1) is 8.54. The van der Waals surface area contributed by atoms with Crippen molar-refractivity contribution in [2.24, 2.45) is 0 Å². The minimum Gasteiger partial charge on any atom is -0.544 e. The van der Waals surface area contributed by atoms with Crippen LogP contribution in [0, 0.1) is 0 Å². The highest BCUT2D eigenvalue weighted by Crippen LogP contribution is 2.30. The molecule has 0 amide bonds. The monoisotopic (exact) mass is 303 g/mol. The molecule has 2 rings (SSSR count). The molecule has 1 heterocycles. The molecule has 0 aliphatic heterocycles. The third-order valence-corrected chi connectivity index (χ3v) is 3.82. The molecule has 0 unspecified atom stereocenters. The molecule has 1 aromatic carbocycles. The molecule has 0 saturated carbocycles. The molecule has 0 atom stereocenters. The van der Waals surface area contributed by atoms with Crippen LogP contribution in [0.1, 0.15) is 15.2 Å². The summed E-state index contributed by atoms with van der Waals surface area (Å²) in [7, 11) is 0. The number of carbonyl (C=O) groups is 1. The summed E-state index contributed by atoms with van der Waals surface area (Å²) in [4.78, 5) is 10.2. The largest absolute Gasteiger partial charge is 0.544 e. The van der Waals surface area contributed by atoms with E-state index in [1.54, 1.807) is 0 Å². The predicted octanol–water partition coefficient (Wildman–Crippen LogP) is 1.85. The van der Waals surface area contributed by atoms with E-state index in [1.807, 2.05) is 18.2 Å². The lowest BCUT2D eigenvalue weighted by molar-refractivity contribution is -0.386. The van der Waals surface area contributed by atoms with Gasteiger partial charge in [0, 0.05) is 5.56 Å². The third kappa shape index (κ3) is 4.66. The molecule has 0 aliphatic rings. The molecular formula is C12H11Cl2NO2S. The SMILES string of the molecule is O=C([O-])c1cc(Cl)c(Cl)s1.[NH3+]Cc1ccccc1. The van der Waals surface area contributed by atoms with Crippen LogP contribution in [0.4, 0.5) is 0 Å². The van der Waals surface area contributed by atoms with Gasteiger partial charge >= 0.3 is 0 Å². The zero-order valence-electron chi connectivity index (χ0n) is 9.36. The molecule has 3 nitrogen and oxygen atoms in total. The fourth-order valence-electron chi connectivity index (χ4n) is 1.09. The molecule has 6 heteroatoms. The lowest BCUT2D eigenvalue weighted by atomic mass is 10.2. The van der Waals surface area contributed by atoms with Crippen LogP contribution in [0.3, 0.4) is 0 Å². The number of carboxylic acids is 1. The van der Waals surface area contributed by atoms with E-state index in [4.69, 9.17) is 23.2 Å². The Labute approximate surface area is 119 Å². The summed E-state index contributed by atoms with van der Waals surface area (Å²) in [6, 6.07) is 11.5. The van der Waals surface area contributed by atoms with E-state index in [-0.39, 0.29) is 14.2 Å². The van der Waals surface area contributed by atoms with Crippen LogP contribution in [-0.2, 0) is 6.54 Å². The van der Waals surface area contributed by atoms with Gasteiger partial charge in [0.2, 0.25) is 0 Å². The Balaban J connectivity index is 0.000000184. The second-order valence-electron chi connectivity index (χ2n) is 3.26. The number of hydrogen-bond donors (Lipinski definition) is 1. The number of halogens is 2. The normalized spacial score (nSPS) is 9.50. The van der Waals surface area contributed by atoms with E-state index in [9.17, 15) is 9.90 Å². The highest BCUT2D eigenvalue weighted by molar-refractivity contribution is 7.18. The molecular weight excluding hydrogens is 293 g/mol. The van der Waals surface area contributed by atoms with Gasteiger partial charge in [0.15, 0.2) is 0 Å². The standard InChI is InChI=1S/C7H9N.C5H2Cl2O2S/c8-6-7-4-2-1-3-5-7;6-2-1-3(5(8)9)10-4(2)7/h1-5H,6,8H2;1H,(H,8,9). The summed E-state index contributed by atoms with van der Waals surface area (Å²) in [5.74, 6) is -1.25. The Hall–Kier alpha value is -1.07. The summed E-state index contributed by atoms with van der Waals surface area (Å²) in [6.45, 7) is 0.890. The van der Waals surface area contributed by atoms with Crippen molar-refractivity contribution in [2.75, 3.05) is 0 Å². The van der Waals surface area contributed by atoms with E-state index in [0.717, 1.165) is 17.9 Å². The molecule has 18 heavy (non-hydrogen) atoms. The number of carboxylic acid groups (broad SMARTS) is 1. The van der Waals surface area contributed by atoms with E-state index in [1.165, 1.54) is 11.6 Å². The van der Waals surface area contributed by atoms with Crippen LogP contribution in [-0.4, -0.2) is 5.97 Å². The van der Waals surface area contributed by atoms with Gasteiger partial charge in [0.1, 0.15) is 4.34 Å². The molecule has 0 bridgehead atoms. The first-order valence-electron chi connectivity index (χ1n) is 5.04. The molecule has 1 aromatic heterocycles. The van der Waals surface area contributed by atoms with Gasteiger partial charge in [-0.15, -0.1) is 11.3 Å². The van der Waals surface area contributed by atoms with E-state index < -0.39 is 5.97 Å². The van der Waals surface area contributed by atoms with Gasteiger partial charge < -0.3 is 15.6 Å². The zero-order valence-corrected chi connectivity index (χ0v) is 11.7. The second kappa shape index (κ2) is 7.38. The molecule has 0 aliphatic carbocycles. The number of quaternary nitrogens is 1. The zero-order chi connectivity index (χ0) is 13.5. The van der Waals surface area contributed by atoms with Crippen molar-refractivity contribution in [1.29, 1.82) is 0 Å². The number of benzene rings is 1. The minimum absolute atomic E-state index is 0.0509. The summed E-state index contributed by atoms with van der Waals surface area (Å²) < 4.78 is 0.279. The van der Waals surface area contributed by atoms with Crippen molar-refractivity contribution in [2.45, 2.75) is 6.54 Å². The average molecular weight is 304 g/mol. The predicted molar refractivity (Wildman–Crippen MR) is 71.7 cm³/mol. The van der Waals surface area contributed by atoms with E-state index >= 15 is 0 Å². The van der Waals surface area contributed by atoms with Crippen molar-refractivity contribution in [3.8, 4) is 0 Å². The number of carbonyl (C=O) groups excluding carboxylic acids is 1. The van der Waals surface area contributed by atoms with Crippen molar-refractivity contribution in [1.82, 2.24) is 0 Å². The highest BCUT2D eigenvalue weighted by atomic mass is 35.5. The molecule has 96 valence electrons. The van der Waals surface area contributed by atoms with Crippen LogP contribution in [0.25, 0.3) is 0 Å². The first-order valence-corrected chi connectivity index (χ1v) is 6.61. The van der Waals surface area contributed by atoms with Gasteiger partial charge in [-0.2, -0.15) is 0 Å². The molecule has 0 fully saturated rings. The first kappa shape index (κ1) is 15.0. The van der Waals surface area contributed by atoms with Gasteiger partial charge in [-0.05, 0) is 6.07 Å². The Morgan fingerprint density at radius 1 is 1.28 bits per heavy atom. The van der Waals surface area contributed by atoms with Crippen LogP contribution in [0.15, 0.2) is 36.4 Å². The van der Waals surface area contributed by atoms with Gasteiger partial charge in [0.05, 0.1) is 22.4 Å². The van der Waals surface area contributed by atoms with Gasteiger partial charge in [0.25, 0.3) is 0 Å². The third-order valence-electron chi connectivity index (χ3n) is 1.98. The summed E-state index contributed by atoms with van der Waals surface area (Å²) in [5, 5.41) is 10.4. The summed E-state index contributed by atoms with van der Waals surface area (Å²) in [6.07, 6.45) is 0. The van der Waals surface area contributed by atoms with Gasteiger partial charge in [-0.25, -0.2) is 0 Å². The highest BCUT2D eigenvalue weighted by Gasteiger charge is 2.04. The smallest absolute Gasteiger partial charge is 0.112 e. The fourth-order valence-corrected chi connectivity index (χ4v) is 2.29. The lowest BCUT2D eigenvalue weighted by Crippen LogP contribution is -2.47. The Morgan fingerprint density at radius 3 is 2.17 bits per heavy atom. The fraction of sp³-hybridized carbons (Fsp3) is 0.0833. The van der Waals surface area contributed by atoms with Gasteiger partial charge in [-0.3, -0.25) is 0 Å². The minimum atomic E-state index is -1.25. The number of hydrogen-bond acceptors (Lipinski definition) is 3. The van der Waals surface area contributed by atoms with Gasteiger partial charge in [-0.1, -0.05) is 53.5 Å². The molecule has 2 aromatic rings. The Kier molecular flexibility index (Phi) is 6.15. The molecule has 0 radical (unpaired) electrons. The summed E-state index contributed by atoms with van der Waals surface area (Å²) in [5.41, 5.74) is 5.05.